The molecule has 0 bridgehead atoms. The van der Waals surface area contributed by atoms with Crippen molar-refractivity contribution < 1.29 is 28.6 Å². The second kappa shape index (κ2) is 16.3. The number of nitrogens with one attached hydrogen (secondary N) is 1. The number of methoxy groups -OCH3 is 2. The Morgan fingerprint density at radius 1 is 0.943 bits per heavy atom. The van der Waals surface area contributed by atoms with Crippen LogP contribution in [0.4, 0.5) is 11.4 Å². The molecule has 3 amide bonds. The molecule has 1 atom stereocenters. The molecule has 0 radical (unpaired) electrons. The second-order valence-corrected chi connectivity index (χ2v) is 14.1. The number of benzene rings is 3. The van der Waals surface area contributed by atoms with Crippen molar-refractivity contribution in [1.82, 2.24) is 19.7 Å². The van der Waals surface area contributed by atoms with Crippen LogP contribution in [-0.4, -0.2) is 97.0 Å². The van der Waals surface area contributed by atoms with E-state index in [4.69, 9.17) is 37.4 Å². The van der Waals surface area contributed by atoms with Crippen LogP contribution >= 0.6 is 23.2 Å². The summed E-state index contributed by atoms with van der Waals surface area (Å²) in [5.74, 6) is 0.508. The summed E-state index contributed by atoms with van der Waals surface area (Å²) in [6.45, 7) is 7.43. The highest BCUT2D eigenvalue weighted by atomic mass is 35.5. The minimum Gasteiger partial charge on any atom is -0.495 e. The van der Waals surface area contributed by atoms with E-state index in [1.807, 2.05) is 13.8 Å². The lowest BCUT2D eigenvalue weighted by Crippen LogP contribution is -2.56. The Bertz CT molecular complexity index is 2060. The number of carbonyl (C=O) groups is 3. The number of imide groups is 1. The number of anilines is 2. The maximum absolute atomic E-state index is 13.8. The molecule has 12 nitrogen and oxygen atoms in total. The van der Waals surface area contributed by atoms with Crippen LogP contribution in [0, 0.1) is 17.2 Å². The van der Waals surface area contributed by atoms with Crippen molar-refractivity contribution in [1.29, 1.82) is 5.26 Å². The molecule has 6 rings (SSSR count). The maximum Gasteiger partial charge on any atom is 0.262 e. The zero-order valence-electron chi connectivity index (χ0n) is 29.9. The highest BCUT2D eigenvalue weighted by Gasteiger charge is 2.44. The van der Waals surface area contributed by atoms with Gasteiger partial charge in [0.05, 0.1) is 64.5 Å². The lowest BCUT2D eigenvalue weighted by Gasteiger charge is -2.38. The smallest absolute Gasteiger partial charge is 0.262 e. The number of carbonyl (C=O) groups excluding carboxylic acids is 3. The van der Waals surface area contributed by atoms with Crippen molar-refractivity contribution in [2.24, 2.45) is 5.92 Å². The summed E-state index contributed by atoms with van der Waals surface area (Å²) >= 11 is 12.7. The van der Waals surface area contributed by atoms with Crippen molar-refractivity contribution in [3.05, 3.63) is 81.5 Å². The van der Waals surface area contributed by atoms with Gasteiger partial charge < -0.3 is 24.4 Å². The molecule has 3 aromatic carbocycles. The molecule has 0 saturated carbocycles. The van der Waals surface area contributed by atoms with Gasteiger partial charge >= 0.3 is 0 Å². The van der Waals surface area contributed by atoms with E-state index in [0.29, 0.717) is 112 Å². The molecule has 0 aliphatic carbocycles. The number of ether oxygens (including phenoxy) is 3. The minimum atomic E-state index is -0.842. The summed E-state index contributed by atoms with van der Waals surface area (Å²) in [7, 11) is 3.05. The van der Waals surface area contributed by atoms with Crippen molar-refractivity contribution in [3.63, 3.8) is 0 Å². The van der Waals surface area contributed by atoms with Crippen LogP contribution < -0.4 is 19.5 Å². The number of fused-ring (bicyclic) bond motifs is 2. The monoisotopic (exact) mass is 758 g/mol. The zero-order chi connectivity index (χ0) is 37.8. The fourth-order valence-corrected chi connectivity index (χ4v) is 7.24. The predicted octanol–water partition coefficient (Wildman–Crippen LogP) is 6.80. The number of halogens is 2. The van der Waals surface area contributed by atoms with E-state index in [0.717, 1.165) is 6.54 Å². The lowest BCUT2D eigenvalue weighted by molar-refractivity contribution is -0.137. The maximum atomic E-state index is 13.8. The second-order valence-electron chi connectivity index (χ2n) is 13.3. The number of rotatable bonds is 13. The fraction of sp³-hybridized carbons (Fsp3) is 0.359. The third-order valence-electron chi connectivity index (χ3n) is 9.45. The van der Waals surface area contributed by atoms with Crippen LogP contribution in [0.15, 0.2) is 54.7 Å². The first-order valence-electron chi connectivity index (χ1n) is 17.4. The van der Waals surface area contributed by atoms with Crippen LogP contribution in [0.1, 0.15) is 53.0 Å². The van der Waals surface area contributed by atoms with E-state index < -0.39 is 17.9 Å². The summed E-state index contributed by atoms with van der Waals surface area (Å²) in [5, 5.41) is 14.5. The molecule has 0 spiro atoms. The van der Waals surface area contributed by atoms with Crippen LogP contribution in [0.3, 0.4) is 0 Å². The van der Waals surface area contributed by atoms with Gasteiger partial charge in [-0.05, 0) is 43.0 Å². The highest BCUT2D eigenvalue weighted by molar-refractivity contribution is 6.37. The van der Waals surface area contributed by atoms with Crippen molar-refractivity contribution >= 4 is 63.2 Å². The van der Waals surface area contributed by atoms with E-state index in [1.54, 1.807) is 60.5 Å². The zero-order valence-corrected chi connectivity index (χ0v) is 31.5. The van der Waals surface area contributed by atoms with E-state index >= 15 is 0 Å². The molecule has 14 heteroatoms. The number of nitrogens with zero attached hydrogens (tertiary/aromatic N) is 5. The fourth-order valence-electron chi connectivity index (χ4n) is 6.73. The summed E-state index contributed by atoms with van der Waals surface area (Å²) in [6, 6.07) is 14.8. The number of piperazine rings is 1. The number of amides is 3. The normalized spacial score (nSPS) is 15.1. The quantitative estimate of drug-likeness (QED) is 0.115. The van der Waals surface area contributed by atoms with Gasteiger partial charge in [0.1, 0.15) is 17.9 Å². The van der Waals surface area contributed by atoms with Crippen molar-refractivity contribution in [3.8, 4) is 23.3 Å². The van der Waals surface area contributed by atoms with Gasteiger partial charge in [-0.3, -0.25) is 29.2 Å². The van der Waals surface area contributed by atoms with Crippen LogP contribution in [0.5, 0.6) is 17.2 Å². The largest absolute Gasteiger partial charge is 0.495 e. The van der Waals surface area contributed by atoms with Crippen LogP contribution in [0.25, 0.3) is 10.9 Å². The SMILES string of the molecule is COc1cc(Nc2c(C#N)cnc3cc(OCCCN4CCN(C(=O)C(CC(C)C)N5C(=O)c6ccccc6C5=O)CC4)c(OC)cc23)c(Cl)cc1Cl. The van der Waals surface area contributed by atoms with Crippen molar-refractivity contribution in [2.75, 3.05) is 58.9 Å². The molecular weight excluding hydrogens is 719 g/mol. The topological polar surface area (TPSA) is 137 Å². The summed E-state index contributed by atoms with van der Waals surface area (Å²) in [6.07, 6.45) is 2.60. The van der Waals surface area contributed by atoms with E-state index in [-0.39, 0.29) is 11.8 Å². The van der Waals surface area contributed by atoms with Gasteiger partial charge in [-0.2, -0.15) is 5.26 Å². The van der Waals surface area contributed by atoms with Gasteiger partial charge in [0.2, 0.25) is 5.91 Å². The Labute approximate surface area is 318 Å². The Morgan fingerprint density at radius 2 is 1.62 bits per heavy atom. The first-order chi connectivity index (χ1) is 25.5. The standard InChI is InChI=1S/C39H40Cl2N6O6/c1-23(2)16-32(47-37(48)25-8-5-6-9-26(25)38(47)49)39(50)46-13-11-45(12-14-46)10-7-15-53-35-19-30-27(17-34(35)52-4)36(24(21-42)22-43-30)44-31-20-33(51-3)29(41)18-28(31)40/h5-6,8-9,17-20,22-23,32H,7,10-16H2,1-4H3,(H,43,44). The average Bonchev–Trinajstić information content (AvgIpc) is 3.41. The highest BCUT2D eigenvalue weighted by Crippen LogP contribution is 2.40. The van der Waals surface area contributed by atoms with Gasteiger partial charge in [-0.1, -0.05) is 49.2 Å². The average molecular weight is 760 g/mol. The number of aromatic nitrogens is 1. The van der Waals surface area contributed by atoms with Crippen molar-refractivity contribution in [2.45, 2.75) is 32.7 Å². The third-order valence-corrected chi connectivity index (χ3v) is 10.1. The van der Waals surface area contributed by atoms with E-state index in [2.05, 4.69) is 21.3 Å². The molecular formula is C39H40Cl2N6O6. The molecule has 1 unspecified atom stereocenters. The van der Waals surface area contributed by atoms with Gasteiger partial charge in [-0.25, -0.2) is 0 Å². The molecule has 53 heavy (non-hydrogen) atoms. The molecule has 2 aliphatic heterocycles. The van der Waals surface area contributed by atoms with Crippen LogP contribution in [-0.2, 0) is 4.79 Å². The molecule has 4 aromatic rings. The Morgan fingerprint density at radius 3 is 2.25 bits per heavy atom. The van der Waals surface area contributed by atoms with E-state index in [1.165, 1.54) is 18.2 Å². The van der Waals surface area contributed by atoms with Gasteiger partial charge in [0, 0.05) is 56.4 Å². The Balaban J connectivity index is 1.07. The molecule has 3 heterocycles. The number of pyridine rings is 1. The predicted molar refractivity (Wildman–Crippen MR) is 203 cm³/mol. The first-order valence-corrected chi connectivity index (χ1v) is 18.1. The van der Waals surface area contributed by atoms with Crippen LogP contribution in [0.2, 0.25) is 10.0 Å². The Kier molecular flexibility index (Phi) is 11.6. The molecule has 1 aromatic heterocycles. The molecule has 276 valence electrons. The minimum absolute atomic E-state index is 0.110. The third kappa shape index (κ3) is 7.83. The van der Waals surface area contributed by atoms with E-state index in [9.17, 15) is 19.6 Å². The lowest BCUT2D eigenvalue weighted by atomic mass is 10.0. The first kappa shape index (κ1) is 37.7. The summed E-state index contributed by atoms with van der Waals surface area (Å²) < 4.78 is 17.2. The van der Waals surface area contributed by atoms with Gasteiger partial charge in [0.15, 0.2) is 11.5 Å². The number of nitriles is 1. The Hall–Kier alpha value is -5.09. The summed E-state index contributed by atoms with van der Waals surface area (Å²) in [5.41, 5.74) is 2.57. The number of hydrogen-bond donors (Lipinski definition) is 1. The molecule has 1 saturated heterocycles. The molecule has 1 N–H and O–H groups in total. The molecule has 1 fully saturated rings. The summed E-state index contributed by atoms with van der Waals surface area (Å²) in [4.78, 5) is 50.0. The molecule has 2 aliphatic rings. The van der Waals surface area contributed by atoms with Gasteiger partial charge in [0.25, 0.3) is 11.8 Å². The number of hydrogen-bond acceptors (Lipinski definition) is 10. The van der Waals surface area contributed by atoms with Gasteiger partial charge in [-0.15, -0.1) is 0 Å².